The van der Waals surface area contributed by atoms with Crippen LogP contribution in [0.15, 0.2) is 54.6 Å². The smallest absolute Gasteiger partial charge is 0.410 e. The number of ether oxygens (including phenoxy) is 3. The minimum atomic E-state index is -1.02. The van der Waals surface area contributed by atoms with Crippen molar-refractivity contribution in [1.29, 1.82) is 0 Å². The fourth-order valence-corrected chi connectivity index (χ4v) is 10.2. The molecule has 1 saturated heterocycles. The average molecular weight is 1090 g/mol. The molecule has 19 nitrogen and oxygen atoms in total. The van der Waals surface area contributed by atoms with Crippen LogP contribution in [0.3, 0.4) is 0 Å². The van der Waals surface area contributed by atoms with Gasteiger partial charge in [0.25, 0.3) is 0 Å². The summed E-state index contributed by atoms with van der Waals surface area (Å²) in [5.41, 5.74) is 1.48. The van der Waals surface area contributed by atoms with Crippen molar-refractivity contribution in [2.75, 3.05) is 40.2 Å². The van der Waals surface area contributed by atoms with Crippen molar-refractivity contribution >= 4 is 47.2 Å². The van der Waals surface area contributed by atoms with Crippen LogP contribution in [-0.4, -0.2) is 156 Å². The van der Waals surface area contributed by atoms with E-state index >= 15 is 0 Å². The molecule has 6 N–H and O–H groups in total. The van der Waals surface area contributed by atoms with Gasteiger partial charge in [0, 0.05) is 46.1 Å². The number of likely N-dealkylation sites (tertiary alicyclic amines) is 1. The molecule has 19 heteroatoms. The van der Waals surface area contributed by atoms with E-state index in [0.29, 0.717) is 42.6 Å². The highest BCUT2D eigenvalue weighted by Crippen LogP contribution is 2.30. The highest BCUT2D eigenvalue weighted by molar-refractivity contribution is 5.97. The SMILES string of the molecule is CC[C@H](C)[C@@H]([C@@H](CC(=O)N1CCC[C@H]1[C@H](OC)[C@@H](C)C(=O)N[C@H](C)[C@@H](O)c1ccccc1)OC)N(C)C(=O)[C@@H](NC(=O)[C@H](C(C)C)N(C)C(=O)OCc1ccc(NC(=O)[C@H](C)NC(=O)[C@@H](NC(C)(C)C)C(C)C)cc1)C(C)C. The van der Waals surface area contributed by atoms with Gasteiger partial charge in [0.1, 0.15) is 24.7 Å². The highest BCUT2D eigenvalue weighted by Gasteiger charge is 2.44. The molecule has 12 atom stereocenters. The Bertz CT molecular complexity index is 2260. The van der Waals surface area contributed by atoms with Gasteiger partial charge in [-0.2, -0.15) is 0 Å². The topological polar surface area (TPSA) is 237 Å². The minimum Gasteiger partial charge on any atom is -0.445 e. The molecule has 78 heavy (non-hydrogen) atoms. The Hall–Kier alpha value is -5.63. The summed E-state index contributed by atoms with van der Waals surface area (Å²) >= 11 is 0. The first-order valence-corrected chi connectivity index (χ1v) is 27.8. The Labute approximate surface area is 465 Å². The number of benzene rings is 2. The molecule has 0 unspecified atom stereocenters. The molecule has 1 heterocycles. The van der Waals surface area contributed by atoms with E-state index in [1.807, 2.05) is 80.5 Å². The Morgan fingerprint density at radius 1 is 0.731 bits per heavy atom. The zero-order valence-electron chi connectivity index (χ0n) is 50.0. The molecule has 0 saturated carbocycles. The van der Waals surface area contributed by atoms with E-state index in [1.54, 1.807) is 87.9 Å². The van der Waals surface area contributed by atoms with Crippen molar-refractivity contribution in [3.63, 3.8) is 0 Å². The van der Waals surface area contributed by atoms with Gasteiger partial charge in [0.15, 0.2) is 0 Å². The van der Waals surface area contributed by atoms with E-state index in [0.717, 1.165) is 0 Å². The van der Waals surface area contributed by atoms with Crippen molar-refractivity contribution < 1.29 is 52.9 Å². The van der Waals surface area contributed by atoms with E-state index in [9.17, 15) is 38.7 Å². The molecule has 1 aliphatic rings. The van der Waals surface area contributed by atoms with E-state index in [4.69, 9.17) is 14.2 Å². The van der Waals surface area contributed by atoms with Crippen molar-refractivity contribution in [2.45, 2.75) is 195 Å². The molecule has 0 radical (unpaired) electrons. The zero-order valence-corrected chi connectivity index (χ0v) is 50.0. The van der Waals surface area contributed by atoms with Crippen LogP contribution in [0.25, 0.3) is 0 Å². The van der Waals surface area contributed by atoms with Crippen LogP contribution in [-0.2, 0) is 49.6 Å². The van der Waals surface area contributed by atoms with Gasteiger partial charge in [-0.25, -0.2) is 4.79 Å². The van der Waals surface area contributed by atoms with Crippen molar-refractivity contribution in [2.24, 2.45) is 29.6 Å². The molecular formula is C59H96N8O11. The lowest BCUT2D eigenvalue weighted by Crippen LogP contribution is -2.60. The lowest BCUT2D eigenvalue weighted by molar-refractivity contribution is -0.148. The first-order chi connectivity index (χ1) is 36.5. The van der Waals surface area contributed by atoms with Gasteiger partial charge < -0.3 is 55.7 Å². The number of methoxy groups -OCH3 is 2. The maximum absolute atomic E-state index is 14.7. The van der Waals surface area contributed by atoms with Gasteiger partial charge in [-0.15, -0.1) is 0 Å². The third-order valence-corrected chi connectivity index (χ3v) is 15.0. The van der Waals surface area contributed by atoms with Crippen LogP contribution < -0.4 is 26.6 Å². The van der Waals surface area contributed by atoms with Crippen LogP contribution >= 0.6 is 0 Å². The summed E-state index contributed by atoms with van der Waals surface area (Å²) in [6.07, 6.45) is -1.16. The summed E-state index contributed by atoms with van der Waals surface area (Å²) in [6.45, 7) is 26.5. The molecule has 1 aliphatic heterocycles. The van der Waals surface area contributed by atoms with Crippen molar-refractivity contribution in [3.05, 3.63) is 65.7 Å². The average Bonchev–Trinajstić information content (AvgIpc) is 3.88. The number of aliphatic hydroxyl groups is 1. The normalized spacial score (nSPS) is 18.1. The second kappa shape index (κ2) is 30.7. The van der Waals surface area contributed by atoms with Gasteiger partial charge in [-0.1, -0.05) is 111 Å². The predicted octanol–water partition coefficient (Wildman–Crippen LogP) is 6.43. The van der Waals surface area contributed by atoms with E-state index in [1.165, 1.54) is 26.2 Å². The summed E-state index contributed by atoms with van der Waals surface area (Å²) in [6, 6.07) is 10.9. The first kappa shape index (κ1) is 66.6. The van der Waals surface area contributed by atoms with Gasteiger partial charge in [0.2, 0.25) is 35.4 Å². The number of nitrogens with one attached hydrogen (secondary N) is 5. The van der Waals surface area contributed by atoms with Gasteiger partial charge >= 0.3 is 6.09 Å². The number of aliphatic hydroxyl groups excluding tert-OH is 1. The maximum atomic E-state index is 14.7. The highest BCUT2D eigenvalue weighted by atomic mass is 16.6. The number of amides is 7. The number of anilines is 1. The number of hydrogen-bond donors (Lipinski definition) is 6. The third kappa shape index (κ3) is 18.8. The molecule has 0 spiro atoms. The summed E-state index contributed by atoms with van der Waals surface area (Å²) in [5, 5.41) is 25.8. The monoisotopic (exact) mass is 1090 g/mol. The Kier molecular flexibility index (Phi) is 26.2. The molecule has 3 rings (SSSR count). The molecule has 7 amide bonds. The Balaban J connectivity index is 1.68. The molecule has 0 aliphatic carbocycles. The summed E-state index contributed by atoms with van der Waals surface area (Å²) in [4.78, 5) is 101. The number of carbonyl (C=O) groups excluding carboxylic acids is 7. The zero-order chi connectivity index (χ0) is 58.9. The number of hydrogen-bond acceptors (Lipinski definition) is 12. The molecule has 1 fully saturated rings. The number of rotatable bonds is 28. The molecule has 2 aromatic carbocycles. The molecular weight excluding hydrogens is 997 g/mol. The van der Waals surface area contributed by atoms with Crippen molar-refractivity contribution in [1.82, 2.24) is 36.0 Å². The quantitative estimate of drug-likeness (QED) is 0.0541. The molecule has 0 bridgehead atoms. The second-order valence-electron chi connectivity index (χ2n) is 23.4. The fraction of sp³-hybridized carbons (Fsp3) is 0.678. The summed E-state index contributed by atoms with van der Waals surface area (Å²) in [5.74, 6) is -3.69. The lowest BCUT2D eigenvalue weighted by atomic mass is 9.89. The van der Waals surface area contributed by atoms with Crippen LogP contribution in [0.4, 0.5) is 10.5 Å². The lowest BCUT2D eigenvalue weighted by Gasteiger charge is -2.41. The maximum Gasteiger partial charge on any atom is 0.410 e. The van der Waals surface area contributed by atoms with E-state index in [-0.39, 0.29) is 65.9 Å². The summed E-state index contributed by atoms with van der Waals surface area (Å²) in [7, 11) is 6.18. The first-order valence-electron chi connectivity index (χ1n) is 27.8. The second-order valence-corrected chi connectivity index (χ2v) is 23.4. The summed E-state index contributed by atoms with van der Waals surface area (Å²) < 4.78 is 17.7. The van der Waals surface area contributed by atoms with Gasteiger partial charge in [-0.05, 0) is 94.4 Å². The van der Waals surface area contributed by atoms with Crippen LogP contribution in [0.2, 0.25) is 0 Å². The predicted molar refractivity (Wildman–Crippen MR) is 303 cm³/mol. The van der Waals surface area contributed by atoms with Crippen LogP contribution in [0, 0.1) is 29.6 Å². The Morgan fingerprint density at radius 2 is 1.33 bits per heavy atom. The fourth-order valence-electron chi connectivity index (χ4n) is 10.2. The number of carbonyl (C=O) groups is 7. The van der Waals surface area contributed by atoms with Crippen LogP contribution in [0.1, 0.15) is 140 Å². The van der Waals surface area contributed by atoms with E-state index < -0.39 is 84.4 Å². The molecule has 2 aromatic rings. The largest absolute Gasteiger partial charge is 0.445 e. The van der Waals surface area contributed by atoms with E-state index in [2.05, 4.69) is 26.6 Å². The van der Waals surface area contributed by atoms with Gasteiger partial charge in [0.05, 0.1) is 54.8 Å². The third-order valence-electron chi connectivity index (χ3n) is 15.0. The standard InChI is InChI=1S/C59H96N8O11/c1-19-37(8)50(45(76-17)32-46(68)67-31-23-26-44(67)52(77-18)38(9)53(70)60-39(10)51(69)42-24-21-20-22-25-42)65(15)57(74)48(35(4)5)63-56(73)49(36(6)7)66(16)58(75)78-33-41-27-29-43(30-28-41)62-54(71)40(11)61-55(72)47(34(2)3)64-59(12,13)14/h20-22,24-25,27-30,34-40,44-45,47-52,64,69H,19,23,26,31-33H2,1-18H3,(H,60,70)(H,61,72)(H,62,71)(H,63,73)/t37-,38+,39+,40-,44-,45+,47-,48-,49-,50-,51+,52+/m0/s1. The minimum absolute atomic E-state index is 0.00319. The van der Waals surface area contributed by atoms with Crippen LogP contribution in [0.5, 0.6) is 0 Å². The molecule has 0 aromatic heterocycles. The number of likely N-dealkylation sites (N-methyl/N-ethyl adjacent to an activating group) is 2. The Morgan fingerprint density at radius 3 is 1.86 bits per heavy atom. The van der Waals surface area contributed by atoms with Crippen molar-refractivity contribution in [3.8, 4) is 0 Å². The number of nitrogens with zero attached hydrogens (tertiary/aromatic N) is 3. The molecule has 438 valence electrons. The van der Waals surface area contributed by atoms with Gasteiger partial charge in [-0.3, -0.25) is 33.7 Å².